The molecule has 1 N–H and O–H groups in total. The van der Waals surface area contributed by atoms with Gasteiger partial charge in [0, 0.05) is 22.0 Å². The number of ether oxygens (including phenoxy) is 1. The van der Waals surface area contributed by atoms with Gasteiger partial charge in [0.2, 0.25) is 5.91 Å². The minimum atomic E-state index is -0.404. The van der Waals surface area contributed by atoms with E-state index in [0.717, 1.165) is 29.7 Å². The number of hydrogen-bond donors (Lipinski definition) is 1. The van der Waals surface area contributed by atoms with E-state index in [4.69, 9.17) is 16.3 Å². The van der Waals surface area contributed by atoms with Gasteiger partial charge in [0.15, 0.2) is 0 Å². The second-order valence-corrected chi connectivity index (χ2v) is 8.21. The van der Waals surface area contributed by atoms with Gasteiger partial charge >= 0.3 is 5.97 Å². The molecule has 5 nitrogen and oxygen atoms in total. The Kier molecular flexibility index (Phi) is 6.69. The Labute approximate surface area is 172 Å². The van der Waals surface area contributed by atoms with E-state index in [-0.39, 0.29) is 25.6 Å². The van der Waals surface area contributed by atoms with E-state index in [1.165, 1.54) is 17.4 Å². The maximum Gasteiger partial charge on any atom is 0.341 e. The summed E-state index contributed by atoms with van der Waals surface area (Å²) >= 11 is 7.49. The standard InChI is InChI=1S/C20H22ClFN2O3S/c1-3-27-20(26)18-12-6-4-9-16(12)28-19(18)23-17(25)11-24(2)10-13-14(21)7-5-8-15(13)22/h5,7-8H,3-4,6,9-11H2,1-2H3,(H,23,25). The van der Waals surface area contributed by atoms with Crippen molar-refractivity contribution in [3.8, 4) is 0 Å². The van der Waals surface area contributed by atoms with Crippen LogP contribution in [0.5, 0.6) is 0 Å². The molecule has 1 amide bonds. The van der Waals surface area contributed by atoms with E-state index in [0.29, 0.717) is 21.2 Å². The molecule has 150 valence electrons. The second kappa shape index (κ2) is 9.03. The normalized spacial score (nSPS) is 12.9. The summed E-state index contributed by atoms with van der Waals surface area (Å²) in [7, 11) is 1.71. The number of rotatable bonds is 7. The molecule has 1 aliphatic rings. The third kappa shape index (κ3) is 4.54. The fourth-order valence-corrected chi connectivity index (χ4v) is 4.85. The molecule has 0 atom stereocenters. The highest BCUT2D eigenvalue weighted by atomic mass is 35.5. The van der Waals surface area contributed by atoms with Gasteiger partial charge in [0.05, 0.1) is 18.7 Å². The van der Waals surface area contributed by atoms with E-state index in [1.807, 2.05) is 0 Å². The Bertz CT molecular complexity index is 880. The lowest BCUT2D eigenvalue weighted by Gasteiger charge is -2.17. The van der Waals surface area contributed by atoms with Gasteiger partial charge < -0.3 is 10.1 Å². The maximum atomic E-state index is 13.9. The van der Waals surface area contributed by atoms with E-state index in [2.05, 4.69) is 5.32 Å². The molecule has 8 heteroatoms. The third-order valence-electron chi connectivity index (χ3n) is 4.56. The number of amides is 1. The van der Waals surface area contributed by atoms with Crippen LogP contribution in [-0.4, -0.2) is 37.0 Å². The second-order valence-electron chi connectivity index (χ2n) is 6.70. The lowest BCUT2D eigenvalue weighted by molar-refractivity contribution is -0.117. The average Bonchev–Trinajstić information content (AvgIpc) is 3.18. The number of likely N-dealkylation sites (N-methyl/N-ethyl adjacent to an activating group) is 1. The lowest BCUT2D eigenvalue weighted by Crippen LogP contribution is -2.30. The molecule has 0 saturated carbocycles. The van der Waals surface area contributed by atoms with Crippen LogP contribution >= 0.6 is 22.9 Å². The van der Waals surface area contributed by atoms with Crippen molar-refractivity contribution < 1.29 is 18.7 Å². The smallest absolute Gasteiger partial charge is 0.341 e. The number of fused-ring (bicyclic) bond motifs is 1. The van der Waals surface area contributed by atoms with Crippen molar-refractivity contribution in [1.29, 1.82) is 0 Å². The molecule has 1 aromatic carbocycles. The van der Waals surface area contributed by atoms with E-state index in [1.54, 1.807) is 31.0 Å². The number of benzene rings is 1. The topological polar surface area (TPSA) is 58.6 Å². The molecule has 0 fully saturated rings. The van der Waals surface area contributed by atoms with Crippen LogP contribution in [0.2, 0.25) is 5.02 Å². The first kappa shape index (κ1) is 20.8. The fraction of sp³-hybridized carbons (Fsp3) is 0.400. The Morgan fingerprint density at radius 1 is 1.36 bits per heavy atom. The van der Waals surface area contributed by atoms with Crippen LogP contribution in [0.15, 0.2) is 18.2 Å². The molecule has 0 spiro atoms. The molecule has 1 aliphatic carbocycles. The van der Waals surface area contributed by atoms with Crippen LogP contribution in [0.4, 0.5) is 9.39 Å². The number of carbonyl (C=O) groups excluding carboxylic acids is 2. The number of anilines is 1. The average molecular weight is 425 g/mol. The Balaban J connectivity index is 1.69. The highest BCUT2D eigenvalue weighted by molar-refractivity contribution is 7.17. The van der Waals surface area contributed by atoms with Gasteiger partial charge in [0.1, 0.15) is 10.8 Å². The Morgan fingerprint density at radius 3 is 2.86 bits per heavy atom. The Hall–Kier alpha value is -1.96. The van der Waals surface area contributed by atoms with Crippen molar-refractivity contribution in [1.82, 2.24) is 4.90 Å². The summed E-state index contributed by atoms with van der Waals surface area (Å²) in [6.07, 6.45) is 2.74. The van der Waals surface area contributed by atoms with Crippen LogP contribution in [-0.2, 0) is 28.9 Å². The van der Waals surface area contributed by atoms with Gasteiger partial charge in [0.25, 0.3) is 0 Å². The Morgan fingerprint density at radius 2 is 2.14 bits per heavy atom. The van der Waals surface area contributed by atoms with Crippen molar-refractivity contribution in [2.75, 3.05) is 25.5 Å². The van der Waals surface area contributed by atoms with Crippen molar-refractivity contribution in [2.45, 2.75) is 32.7 Å². The number of thiophene rings is 1. The summed E-state index contributed by atoms with van der Waals surface area (Å²) in [4.78, 5) is 27.7. The molecule has 1 aromatic heterocycles. The monoisotopic (exact) mass is 424 g/mol. The van der Waals surface area contributed by atoms with Gasteiger partial charge in [-0.3, -0.25) is 9.69 Å². The van der Waals surface area contributed by atoms with Crippen molar-refractivity contribution in [2.24, 2.45) is 0 Å². The molecule has 28 heavy (non-hydrogen) atoms. The van der Waals surface area contributed by atoms with Gasteiger partial charge in [-0.15, -0.1) is 11.3 Å². The number of aryl methyl sites for hydroxylation is 1. The lowest BCUT2D eigenvalue weighted by atomic mass is 10.1. The molecule has 1 heterocycles. The SMILES string of the molecule is CCOC(=O)c1c(NC(=O)CN(C)Cc2c(F)cccc2Cl)sc2c1CCC2. The fourth-order valence-electron chi connectivity index (χ4n) is 3.33. The number of nitrogens with one attached hydrogen (secondary N) is 1. The molecule has 2 aromatic rings. The zero-order valence-corrected chi connectivity index (χ0v) is 17.4. The van der Waals surface area contributed by atoms with Crippen LogP contribution < -0.4 is 5.32 Å². The third-order valence-corrected chi connectivity index (χ3v) is 6.12. The van der Waals surface area contributed by atoms with E-state index < -0.39 is 11.8 Å². The molecule has 0 radical (unpaired) electrons. The van der Waals surface area contributed by atoms with Crippen LogP contribution in [0.25, 0.3) is 0 Å². The molecule has 3 rings (SSSR count). The van der Waals surface area contributed by atoms with E-state index >= 15 is 0 Å². The quantitative estimate of drug-likeness (QED) is 0.674. The number of hydrogen-bond acceptors (Lipinski definition) is 5. The molecule has 0 bridgehead atoms. The van der Waals surface area contributed by atoms with Gasteiger partial charge in [-0.2, -0.15) is 0 Å². The zero-order chi connectivity index (χ0) is 20.3. The van der Waals surface area contributed by atoms with Crippen LogP contribution in [0.3, 0.4) is 0 Å². The molecule has 0 unspecified atom stereocenters. The predicted octanol–water partition coefficient (Wildman–Crippen LogP) is 4.28. The molecular formula is C20H22ClFN2O3S. The first-order valence-corrected chi connectivity index (χ1v) is 10.3. The summed E-state index contributed by atoms with van der Waals surface area (Å²) < 4.78 is 19.1. The maximum absolute atomic E-state index is 13.9. The highest BCUT2D eigenvalue weighted by Gasteiger charge is 2.28. The first-order valence-electron chi connectivity index (χ1n) is 9.13. The number of halogens is 2. The number of nitrogens with zero attached hydrogens (tertiary/aromatic N) is 1. The van der Waals surface area contributed by atoms with Crippen LogP contribution in [0, 0.1) is 5.82 Å². The van der Waals surface area contributed by atoms with Crippen molar-refractivity contribution >= 4 is 39.8 Å². The van der Waals surface area contributed by atoms with Crippen molar-refractivity contribution in [3.05, 3.63) is 50.6 Å². The summed E-state index contributed by atoms with van der Waals surface area (Å²) in [5, 5.41) is 3.69. The highest BCUT2D eigenvalue weighted by Crippen LogP contribution is 2.39. The minimum absolute atomic E-state index is 0.0372. The number of esters is 1. The zero-order valence-electron chi connectivity index (χ0n) is 15.8. The first-order chi connectivity index (χ1) is 13.4. The molecular weight excluding hydrogens is 403 g/mol. The van der Waals surface area contributed by atoms with E-state index in [9.17, 15) is 14.0 Å². The molecule has 0 aliphatic heterocycles. The van der Waals surface area contributed by atoms with Gasteiger partial charge in [-0.1, -0.05) is 17.7 Å². The van der Waals surface area contributed by atoms with Crippen molar-refractivity contribution in [3.63, 3.8) is 0 Å². The minimum Gasteiger partial charge on any atom is -0.462 e. The summed E-state index contributed by atoms with van der Waals surface area (Å²) in [5.41, 5.74) is 1.82. The van der Waals surface area contributed by atoms with Gasteiger partial charge in [-0.05, 0) is 50.9 Å². The van der Waals surface area contributed by atoms with Gasteiger partial charge in [-0.25, -0.2) is 9.18 Å². The summed E-state index contributed by atoms with van der Waals surface area (Å²) in [6.45, 7) is 2.27. The predicted molar refractivity (Wildman–Crippen MR) is 109 cm³/mol. The largest absolute Gasteiger partial charge is 0.462 e. The summed E-state index contributed by atoms with van der Waals surface area (Å²) in [6, 6.07) is 4.50. The van der Waals surface area contributed by atoms with Crippen LogP contribution in [0.1, 0.15) is 39.7 Å². The molecule has 0 saturated heterocycles. The number of carbonyl (C=O) groups is 2. The summed E-state index contributed by atoms with van der Waals surface area (Å²) in [5.74, 6) is -1.08.